The summed E-state index contributed by atoms with van der Waals surface area (Å²) in [5.41, 5.74) is 2.69. The molecule has 2 aromatic rings. The Balaban J connectivity index is 1.86. The van der Waals surface area contributed by atoms with Crippen LogP contribution in [0.25, 0.3) is 5.57 Å². The number of aromatic nitrogens is 2. The molecular weight excluding hydrogens is 344 g/mol. The number of benzene rings is 1. The average molecular weight is 361 g/mol. The van der Waals surface area contributed by atoms with Crippen LogP contribution in [0.15, 0.2) is 47.5 Å². The monoisotopic (exact) mass is 361 g/mol. The molecule has 3 rings (SSSR count). The maximum absolute atomic E-state index is 14.1. The summed E-state index contributed by atoms with van der Waals surface area (Å²) in [5.74, 6) is -0.547. The van der Waals surface area contributed by atoms with E-state index >= 15 is 0 Å². The predicted molar refractivity (Wildman–Crippen MR) is 94.6 cm³/mol. The van der Waals surface area contributed by atoms with Crippen LogP contribution in [0, 0.1) is 12.7 Å². The van der Waals surface area contributed by atoms with Gasteiger partial charge < -0.3 is 9.64 Å². The Labute approximate surface area is 150 Å². The summed E-state index contributed by atoms with van der Waals surface area (Å²) >= 11 is 4.17. The van der Waals surface area contributed by atoms with E-state index in [1.165, 1.54) is 19.3 Å². The lowest BCUT2D eigenvalue weighted by Gasteiger charge is -2.24. The first kappa shape index (κ1) is 17.4. The van der Waals surface area contributed by atoms with Crippen molar-refractivity contribution in [3.63, 3.8) is 0 Å². The van der Waals surface area contributed by atoms with Gasteiger partial charge in [-0.05, 0) is 36.8 Å². The van der Waals surface area contributed by atoms with E-state index in [1.807, 2.05) is 6.92 Å². The van der Waals surface area contributed by atoms with Crippen LogP contribution in [0.1, 0.15) is 17.0 Å². The fourth-order valence-corrected chi connectivity index (χ4v) is 2.94. The Bertz CT molecular complexity index is 847. The van der Waals surface area contributed by atoms with Crippen molar-refractivity contribution in [1.29, 1.82) is 0 Å². The minimum atomic E-state index is -0.441. The number of hydrogen-bond donors (Lipinski definition) is 1. The van der Waals surface area contributed by atoms with E-state index in [4.69, 9.17) is 4.74 Å². The van der Waals surface area contributed by atoms with Gasteiger partial charge in [-0.25, -0.2) is 18.7 Å². The van der Waals surface area contributed by atoms with Gasteiger partial charge in [0.2, 0.25) is 0 Å². The highest BCUT2D eigenvalue weighted by molar-refractivity contribution is 7.80. The molecular formula is C18H17F2N3OS. The van der Waals surface area contributed by atoms with Crippen LogP contribution in [-0.4, -0.2) is 28.5 Å². The van der Waals surface area contributed by atoms with Crippen molar-refractivity contribution in [3.05, 3.63) is 65.1 Å². The van der Waals surface area contributed by atoms with E-state index < -0.39 is 5.82 Å². The zero-order chi connectivity index (χ0) is 18.0. The second-order valence-electron chi connectivity index (χ2n) is 5.74. The van der Waals surface area contributed by atoms with Gasteiger partial charge in [-0.2, -0.15) is 0 Å². The molecule has 25 heavy (non-hydrogen) atoms. The molecule has 0 atom stereocenters. The van der Waals surface area contributed by atoms with Gasteiger partial charge in [0.1, 0.15) is 5.83 Å². The maximum atomic E-state index is 14.1. The third-order valence-electron chi connectivity index (χ3n) is 3.73. The molecule has 0 radical (unpaired) electrons. The molecule has 0 spiro atoms. The lowest BCUT2D eigenvalue weighted by Crippen LogP contribution is -2.22. The number of aryl methyl sites for hydroxylation is 1. The number of methoxy groups -OCH3 is 1. The van der Waals surface area contributed by atoms with Crippen molar-refractivity contribution in [1.82, 2.24) is 14.9 Å². The standard InChI is InChI=1S/C18H17F2N3OS/c1-11-5-16(22-18(25)21-11)13-7-14(19)10-23(9-13)8-12-3-4-17(24-2)15(20)6-12/h3-7,9H,8,10H2,1-2H3,(H,21,22,25). The van der Waals surface area contributed by atoms with Crippen LogP contribution in [0.5, 0.6) is 5.75 Å². The number of allylic oxidation sites excluding steroid dienone is 2. The topological polar surface area (TPSA) is 38.2 Å². The van der Waals surface area contributed by atoms with Gasteiger partial charge in [-0.1, -0.05) is 6.07 Å². The van der Waals surface area contributed by atoms with E-state index in [9.17, 15) is 8.78 Å². The zero-order valence-corrected chi connectivity index (χ0v) is 14.7. The Kier molecular flexibility index (Phi) is 5.03. The van der Waals surface area contributed by atoms with Gasteiger partial charge in [0.15, 0.2) is 16.7 Å². The summed E-state index contributed by atoms with van der Waals surface area (Å²) in [5, 5.41) is 0.332. The predicted octanol–water partition coefficient (Wildman–Crippen LogP) is 3.93. The first-order valence-corrected chi connectivity index (χ1v) is 8.08. The van der Waals surface area contributed by atoms with Crippen molar-refractivity contribution >= 4 is 18.2 Å². The Morgan fingerprint density at radius 3 is 2.72 bits per heavy atom. The van der Waals surface area contributed by atoms with Gasteiger partial charge in [-0.15, -0.1) is 12.6 Å². The highest BCUT2D eigenvalue weighted by Crippen LogP contribution is 2.25. The average Bonchev–Trinajstić information content (AvgIpc) is 2.53. The Morgan fingerprint density at radius 1 is 1.24 bits per heavy atom. The number of thiol groups is 1. The van der Waals surface area contributed by atoms with Crippen LogP contribution >= 0.6 is 12.6 Å². The van der Waals surface area contributed by atoms with E-state index in [1.54, 1.807) is 29.3 Å². The van der Waals surface area contributed by atoms with Crippen molar-refractivity contribution in [2.24, 2.45) is 0 Å². The fraction of sp³-hybridized carbons (Fsp3) is 0.222. The van der Waals surface area contributed by atoms with E-state index in [0.717, 1.165) is 11.3 Å². The minimum absolute atomic E-state index is 0.120. The molecule has 0 fully saturated rings. The number of nitrogens with zero attached hydrogens (tertiary/aromatic N) is 3. The summed E-state index contributed by atoms with van der Waals surface area (Å²) in [6.45, 7) is 2.31. The highest BCUT2D eigenvalue weighted by atomic mass is 32.1. The smallest absolute Gasteiger partial charge is 0.185 e. The third-order valence-corrected chi connectivity index (χ3v) is 3.93. The molecule has 1 aliphatic rings. The van der Waals surface area contributed by atoms with Crippen molar-refractivity contribution in [2.75, 3.05) is 13.7 Å². The van der Waals surface area contributed by atoms with Gasteiger partial charge in [0.05, 0.1) is 19.3 Å². The van der Waals surface area contributed by atoms with Gasteiger partial charge in [0.25, 0.3) is 0 Å². The van der Waals surface area contributed by atoms with Gasteiger partial charge >= 0.3 is 0 Å². The number of ether oxygens (including phenoxy) is 1. The first-order valence-electron chi connectivity index (χ1n) is 7.64. The minimum Gasteiger partial charge on any atom is -0.494 e. The van der Waals surface area contributed by atoms with E-state index in [2.05, 4.69) is 22.6 Å². The molecule has 1 aromatic heterocycles. The molecule has 130 valence electrons. The number of hydrogen-bond acceptors (Lipinski definition) is 5. The lowest BCUT2D eigenvalue weighted by molar-refractivity contribution is 0.359. The molecule has 0 N–H and O–H groups in total. The van der Waals surface area contributed by atoms with E-state index in [0.29, 0.717) is 23.0 Å². The van der Waals surface area contributed by atoms with E-state index in [-0.39, 0.29) is 18.1 Å². The molecule has 1 aliphatic heterocycles. The first-order chi connectivity index (χ1) is 11.9. The molecule has 0 aliphatic carbocycles. The van der Waals surface area contributed by atoms with Crippen LogP contribution in [0.2, 0.25) is 0 Å². The van der Waals surface area contributed by atoms with Gasteiger partial charge in [0, 0.05) is 24.0 Å². The normalized spacial score (nSPS) is 14.2. The van der Waals surface area contributed by atoms with Crippen LogP contribution < -0.4 is 4.74 Å². The quantitative estimate of drug-likeness (QED) is 0.661. The van der Waals surface area contributed by atoms with Crippen molar-refractivity contribution in [3.8, 4) is 5.75 Å². The second kappa shape index (κ2) is 7.23. The summed E-state index contributed by atoms with van der Waals surface area (Å²) in [6.07, 6.45) is 3.25. The fourth-order valence-electron chi connectivity index (χ4n) is 2.67. The summed E-state index contributed by atoms with van der Waals surface area (Å²) in [7, 11) is 1.41. The Hall–Kier alpha value is -2.41. The third kappa shape index (κ3) is 4.17. The summed E-state index contributed by atoms with van der Waals surface area (Å²) < 4.78 is 32.8. The molecule has 0 saturated carbocycles. The number of rotatable bonds is 4. The summed E-state index contributed by atoms with van der Waals surface area (Å²) in [4.78, 5) is 10.1. The van der Waals surface area contributed by atoms with Crippen LogP contribution in [0.3, 0.4) is 0 Å². The molecule has 0 bridgehead atoms. The largest absolute Gasteiger partial charge is 0.494 e. The second-order valence-corrected chi connectivity index (χ2v) is 6.14. The maximum Gasteiger partial charge on any atom is 0.185 e. The molecule has 4 nitrogen and oxygen atoms in total. The molecule has 1 aromatic carbocycles. The molecule has 0 saturated heterocycles. The van der Waals surface area contributed by atoms with Gasteiger partial charge in [-0.3, -0.25) is 0 Å². The summed E-state index contributed by atoms with van der Waals surface area (Å²) in [6, 6.07) is 6.48. The molecule has 7 heteroatoms. The molecule has 0 amide bonds. The molecule has 0 unspecified atom stereocenters. The molecule has 2 heterocycles. The highest BCUT2D eigenvalue weighted by Gasteiger charge is 2.16. The zero-order valence-electron chi connectivity index (χ0n) is 13.8. The lowest BCUT2D eigenvalue weighted by atomic mass is 10.1. The number of halogens is 2. The Morgan fingerprint density at radius 2 is 2.04 bits per heavy atom. The van der Waals surface area contributed by atoms with Crippen molar-refractivity contribution < 1.29 is 13.5 Å². The van der Waals surface area contributed by atoms with Crippen LogP contribution in [-0.2, 0) is 6.54 Å². The van der Waals surface area contributed by atoms with Crippen LogP contribution in [0.4, 0.5) is 8.78 Å². The SMILES string of the molecule is COc1ccc(CN2C=C(c3cc(C)nc(S)n3)C=C(F)C2)cc1F. The van der Waals surface area contributed by atoms with Crippen molar-refractivity contribution in [2.45, 2.75) is 18.6 Å².